The highest BCUT2D eigenvalue weighted by Crippen LogP contribution is 2.17. The summed E-state index contributed by atoms with van der Waals surface area (Å²) in [6.45, 7) is 10.7. The monoisotopic (exact) mass is 297 g/mol. The Hall–Kier alpha value is -1.87. The first kappa shape index (κ1) is 15.5. The van der Waals surface area contributed by atoms with Crippen LogP contribution >= 0.6 is 0 Å². The molecule has 1 heterocycles. The number of nitrogens with zero attached hydrogens (tertiary/aromatic N) is 1. The summed E-state index contributed by atoms with van der Waals surface area (Å²) >= 11 is 0. The van der Waals surface area contributed by atoms with Crippen molar-refractivity contribution in [3.05, 3.63) is 82.3 Å². The highest BCUT2D eigenvalue weighted by atomic mass is 28.3. The smallest absolute Gasteiger partial charge is 0.185 e. The Morgan fingerprint density at radius 3 is 2.38 bits per heavy atom. The standard InChI is InChI=1S/C18H23NOSi/c1-5-9-17-16(14-15-10-7-6-8-11-15)18(20)12-13-19(17)21(2,3)4/h5-8,10-13H,1,9,14H2,2-4H3. The molecule has 0 unspecified atom stereocenters. The van der Waals surface area contributed by atoms with E-state index in [1.54, 1.807) is 6.07 Å². The molecule has 1 aromatic carbocycles. The lowest BCUT2D eigenvalue weighted by molar-refractivity contribution is 0.933. The molecule has 2 aromatic rings. The first-order valence-electron chi connectivity index (χ1n) is 7.32. The molecule has 0 saturated carbocycles. The van der Waals surface area contributed by atoms with E-state index in [4.69, 9.17) is 0 Å². The quantitative estimate of drug-likeness (QED) is 0.607. The van der Waals surface area contributed by atoms with Crippen molar-refractivity contribution in [3.63, 3.8) is 0 Å². The van der Waals surface area contributed by atoms with Crippen LogP contribution in [0.1, 0.15) is 16.8 Å². The second kappa shape index (κ2) is 6.27. The minimum Gasteiger partial charge on any atom is -0.378 e. The van der Waals surface area contributed by atoms with Gasteiger partial charge in [0, 0.05) is 30.2 Å². The van der Waals surface area contributed by atoms with Crippen molar-refractivity contribution < 1.29 is 0 Å². The van der Waals surface area contributed by atoms with Crippen molar-refractivity contribution in [1.82, 2.24) is 4.23 Å². The van der Waals surface area contributed by atoms with Crippen LogP contribution in [0.15, 0.2) is 60.0 Å². The van der Waals surface area contributed by atoms with Crippen molar-refractivity contribution in [2.24, 2.45) is 0 Å². The number of hydrogen-bond acceptors (Lipinski definition) is 1. The maximum absolute atomic E-state index is 12.4. The molecule has 0 aliphatic heterocycles. The third kappa shape index (κ3) is 3.61. The molecule has 2 rings (SSSR count). The topological polar surface area (TPSA) is 22.0 Å². The fourth-order valence-electron chi connectivity index (χ4n) is 2.60. The van der Waals surface area contributed by atoms with Gasteiger partial charge in [0.05, 0.1) is 0 Å². The molecule has 0 fully saturated rings. The molecule has 0 bridgehead atoms. The molecule has 2 nitrogen and oxygen atoms in total. The van der Waals surface area contributed by atoms with E-state index in [2.05, 4.69) is 42.6 Å². The predicted molar refractivity (Wildman–Crippen MR) is 92.6 cm³/mol. The number of allylic oxidation sites excluding steroid dienone is 1. The molecule has 0 N–H and O–H groups in total. The van der Waals surface area contributed by atoms with Gasteiger partial charge < -0.3 is 4.23 Å². The molecular formula is C18H23NOSi. The lowest BCUT2D eigenvalue weighted by Gasteiger charge is -2.26. The van der Waals surface area contributed by atoms with Crippen LogP contribution in [0.2, 0.25) is 19.6 Å². The van der Waals surface area contributed by atoms with Crippen LogP contribution in [0.5, 0.6) is 0 Å². The molecule has 0 aliphatic carbocycles. The summed E-state index contributed by atoms with van der Waals surface area (Å²) in [6.07, 6.45) is 5.28. The molecule has 21 heavy (non-hydrogen) atoms. The summed E-state index contributed by atoms with van der Waals surface area (Å²) in [6, 6.07) is 11.9. The van der Waals surface area contributed by atoms with Gasteiger partial charge in [-0.15, -0.1) is 6.58 Å². The van der Waals surface area contributed by atoms with Gasteiger partial charge in [-0.2, -0.15) is 0 Å². The Kier molecular flexibility index (Phi) is 4.63. The lowest BCUT2D eigenvalue weighted by Crippen LogP contribution is -2.36. The van der Waals surface area contributed by atoms with Crippen LogP contribution in [-0.4, -0.2) is 12.5 Å². The van der Waals surface area contributed by atoms with Crippen molar-refractivity contribution in [1.29, 1.82) is 0 Å². The largest absolute Gasteiger partial charge is 0.378 e. The van der Waals surface area contributed by atoms with Gasteiger partial charge in [0.2, 0.25) is 0 Å². The van der Waals surface area contributed by atoms with Crippen molar-refractivity contribution in [2.45, 2.75) is 32.5 Å². The molecule has 0 saturated heterocycles. The van der Waals surface area contributed by atoms with Crippen molar-refractivity contribution >= 4 is 8.24 Å². The number of aromatic nitrogens is 1. The Morgan fingerprint density at radius 2 is 1.81 bits per heavy atom. The van der Waals surface area contributed by atoms with E-state index in [-0.39, 0.29) is 5.43 Å². The van der Waals surface area contributed by atoms with E-state index >= 15 is 0 Å². The van der Waals surface area contributed by atoms with Crippen LogP contribution < -0.4 is 5.43 Å². The van der Waals surface area contributed by atoms with Crippen LogP contribution in [0.3, 0.4) is 0 Å². The van der Waals surface area contributed by atoms with Crippen molar-refractivity contribution in [2.75, 3.05) is 0 Å². The van der Waals surface area contributed by atoms with Gasteiger partial charge in [0.15, 0.2) is 13.7 Å². The summed E-state index contributed by atoms with van der Waals surface area (Å²) in [5.74, 6) is 0. The average molecular weight is 297 g/mol. The van der Waals surface area contributed by atoms with Crippen LogP contribution in [-0.2, 0) is 12.8 Å². The Balaban J connectivity index is 2.58. The fourth-order valence-corrected chi connectivity index (χ4v) is 4.15. The van der Waals surface area contributed by atoms with Gasteiger partial charge in [-0.25, -0.2) is 0 Å². The number of benzene rings is 1. The van der Waals surface area contributed by atoms with E-state index in [0.29, 0.717) is 6.42 Å². The average Bonchev–Trinajstić information content (AvgIpc) is 2.43. The molecule has 0 spiro atoms. The zero-order chi connectivity index (χ0) is 15.5. The highest BCUT2D eigenvalue weighted by Gasteiger charge is 2.21. The van der Waals surface area contributed by atoms with Gasteiger partial charge in [-0.3, -0.25) is 4.79 Å². The molecule has 3 heteroatoms. The summed E-state index contributed by atoms with van der Waals surface area (Å²) < 4.78 is 2.33. The number of pyridine rings is 1. The number of rotatable bonds is 5. The van der Waals surface area contributed by atoms with E-state index in [0.717, 1.165) is 17.7 Å². The first-order chi connectivity index (χ1) is 9.93. The second-order valence-electron chi connectivity index (χ2n) is 6.30. The van der Waals surface area contributed by atoms with E-state index in [1.807, 2.05) is 30.5 Å². The first-order valence-corrected chi connectivity index (χ1v) is 10.8. The minimum absolute atomic E-state index is 0.130. The number of hydrogen-bond donors (Lipinski definition) is 0. The summed E-state index contributed by atoms with van der Waals surface area (Å²) in [5.41, 5.74) is 3.34. The molecule has 0 aliphatic rings. The van der Waals surface area contributed by atoms with Crippen LogP contribution in [0.25, 0.3) is 0 Å². The molecule has 0 amide bonds. The highest BCUT2D eigenvalue weighted by molar-refractivity contribution is 6.74. The van der Waals surface area contributed by atoms with Gasteiger partial charge in [0.25, 0.3) is 0 Å². The summed E-state index contributed by atoms with van der Waals surface area (Å²) in [4.78, 5) is 12.4. The molecular weight excluding hydrogens is 274 g/mol. The SMILES string of the molecule is C=CCc1c(Cc2ccccc2)c(=O)ccn1[Si](C)(C)C. The van der Waals surface area contributed by atoms with Crippen LogP contribution in [0.4, 0.5) is 0 Å². The molecule has 0 radical (unpaired) electrons. The molecule has 110 valence electrons. The Labute approximate surface area is 127 Å². The molecule has 0 atom stereocenters. The second-order valence-corrected chi connectivity index (χ2v) is 11.1. The van der Waals surface area contributed by atoms with Gasteiger partial charge >= 0.3 is 0 Å². The normalized spacial score (nSPS) is 11.4. The third-order valence-corrected chi connectivity index (χ3v) is 5.46. The maximum atomic E-state index is 12.4. The minimum atomic E-state index is -1.56. The zero-order valence-corrected chi connectivity index (χ0v) is 14.1. The fraction of sp³-hybridized carbons (Fsp3) is 0.278. The van der Waals surface area contributed by atoms with Crippen molar-refractivity contribution in [3.8, 4) is 0 Å². The van der Waals surface area contributed by atoms with Gasteiger partial charge in [-0.1, -0.05) is 56.0 Å². The van der Waals surface area contributed by atoms with E-state index in [9.17, 15) is 4.79 Å². The van der Waals surface area contributed by atoms with Gasteiger partial charge in [-0.05, 0) is 11.8 Å². The Morgan fingerprint density at radius 1 is 1.14 bits per heavy atom. The maximum Gasteiger partial charge on any atom is 0.185 e. The lowest BCUT2D eigenvalue weighted by atomic mass is 10.0. The Bertz CT molecular complexity index is 681. The van der Waals surface area contributed by atoms with E-state index in [1.165, 1.54) is 5.56 Å². The molecule has 1 aromatic heterocycles. The van der Waals surface area contributed by atoms with Crippen LogP contribution in [0, 0.1) is 0 Å². The zero-order valence-electron chi connectivity index (χ0n) is 13.1. The van der Waals surface area contributed by atoms with E-state index < -0.39 is 8.24 Å². The predicted octanol–water partition coefficient (Wildman–Crippen LogP) is 3.85. The summed E-state index contributed by atoms with van der Waals surface area (Å²) in [7, 11) is -1.56. The van der Waals surface area contributed by atoms with Gasteiger partial charge in [0.1, 0.15) is 0 Å². The third-order valence-electron chi connectivity index (χ3n) is 3.60. The summed E-state index contributed by atoms with van der Waals surface area (Å²) in [5, 5.41) is 0.